The SMILES string of the molecule is CN(CCOc1ccc(CN)cc1)Cc1csc(Br)c1. The van der Waals surface area contributed by atoms with E-state index in [2.05, 4.69) is 39.3 Å². The molecule has 0 atom stereocenters. The van der Waals surface area contributed by atoms with Crippen LogP contribution in [0.25, 0.3) is 0 Å². The molecule has 5 heteroatoms. The first kappa shape index (κ1) is 15.5. The summed E-state index contributed by atoms with van der Waals surface area (Å²) in [7, 11) is 2.10. The molecular formula is C15H19BrN2OS. The summed E-state index contributed by atoms with van der Waals surface area (Å²) in [4.78, 5) is 2.25. The Morgan fingerprint density at radius 3 is 2.60 bits per heavy atom. The molecule has 0 fully saturated rings. The molecule has 3 nitrogen and oxygen atoms in total. The summed E-state index contributed by atoms with van der Waals surface area (Å²) in [6, 6.07) is 10.1. The van der Waals surface area contributed by atoms with Crippen LogP contribution in [-0.2, 0) is 13.1 Å². The second kappa shape index (κ2) is 7.78. The van der Waals surface area contributed by atoms with Gasteiger partial charge in [0.25, 0.3) is 0 Å². The summed E-state index contributed by atoms with van der Waals surface area (Å²) in [5, 5.41) is 2.17. The van der Waals surface area contributed by atoms with Crippen molar-refractivity contribution in [1.82, 2.24) is 4.90 Å². The molecule has 0 radical (unpaired) electrons. The van der Waals surface area contributed by atoms with Gasteiger partial charge in [0.05, 0.1) is 3.79 Å². The van der Waals surface area contributed by atoms with Crippen LogP contribution in [0.1, 0.15) is 11.1 Å². The number of nitrogens with zero attached hydrogens (tertiary/aromatic N) is 1. The van der Waals surface area contributed by atoms with E-state index in [0.717, 1.165) is 24.4 Å². The molecule has 1 aromatic heterocycles. The van der Waals surface area contributed by atoms with E-state index >= 15 is 0 Å². The van der Waals surface area contributed by atoms with Crippen LogP contribution in [0, 0.1) is 0 Å². The first-order valence-corrected chi connectivity index (χ1v) is 8.18. The molecule has 0 amide bonds. The van der Waals surface area contributed by atoms with Crippen LogP contribution >= 0.6 is 27.3 Å². The second-order valence-electron chi connectivity index (χ2n) is 4.69. The Kier molecular flexibility index (Phi) is 6.04. The van der Waals surface area contributed by atoms with Gasteiger partial charge in [-0.2, -0.15) is 0 Å². The average molecular weight is 355 g/mol. The van der Waals surface area contributed by atoms with E-state index in [1.165, 1.54) is 9.35 Å². The molecule has 1 heterocycles. The van der Waals surface area contributed by atoms with Crippen molar-refractivity contribution in [1.29, 1.82) is 0 Å². The zero-order valence-electron chi connectivity index (χ0n) is 11.5. The highest BCUT2D eigenvalue weighted by Gasteiger charge is 2.03. The van der Waals surface area contributed by atoms with Crippen LogP contribution in [-0.4, -0.2) is 25.1 Å². The second-order valence-corrected chi connectivity index (χ2v) is 6.98. The summed E-state index contributed by atoms with van der Waals surface area (Å²) in [6.07, 6.45) is 0. The molecule has 0 spiro atoms. The molecule has 2 aromatic rings. The van der Waals surface area contributed by atoms with Gasteiger partial charge in [0.15, 0.2) is 0 Å². The Morgan fingerprint density at radius 2 is 2.00 bits per heavy atom. The van der Waals surface area contributed by atoms with E-state index in [1.54, 1.807) is 11.3 Å². The first-order valence-electron chi connectivity index (χ1n) is 6.50. The molecule has 0 unspecified atom stereocenters. The van der Waals surface area contributed by atoms with E-state index in [4.69, 9.17) is 10.5 Å². The molecule has 1 aromatic carbocycles. The number of hydrogen-bond acceptors (Lipinski definition) is 4. The normalized spacial score (nSPS) is 11.0. The number of halogens is 1. The molecule has 0 bridgehead atoms. The van der Waals surface area contributed by atoms with Gasteiger partial charge in [-0.25, -0.2) is 0 Å². The molecule has 108 valence electrons. The van der Waals surface area contributed by atoms with Crippen molar-refractivity contribution in [2.75, 3.05) is 20.2 Å². The van der Waals surface area contributed by atoms with Gasteiger partial charge >= 0.3 is 0 Å². The molecule has 0 saturated carbocycles. The van der Waals surface area contributed by atoms with Gasteiger partial charge < -0.3 is 10.5 Å². The van der Waals surface area contributed by atoms with Crippen molar-refractivity contribution in [3.63, 3.8) is 0 Å². The number of benzene rings is 1. The predicted molar refractivity (Wildman–Crippen MR) is 88.2 cm³/mol. The molecule has 0 aliphatic heterocycles. The number of rotatable bonds is 7. The molecule has 0 aliphatic rings. The predicted octanol–water partition coefficient (Wildman–Crippen LogP) is 3.48. The third-order valence-electron chi connectivity index (χ3n) is 2.98. The van der Waals surface area contributed by atoms with Gasteiger partial charge in [-0.1, -0.05) is 12.1 Å². The first-order chi connectivity index (χ1) is 9.67. The quantitative estimate of drug-likeness (QED) is 0.827. The van der Waals surface area contributed by atoms with Crippen LogP contribution < -0.4 is 10.5 Å². The fourth-order valence-electron chi connectivity index (χ4n) is 1.86. The van der Waals surface area contributed by atoms with E-state index in [9.17, 15) is 0 Å². The van der Waals surface area contributed by atoms with Crippen LogP contribution in [0.5, 0.6) is 5.75 Å². The lowest BCUT2D eigenvalue weighted by Gasteiger charge is -2.16. The summed E-state index contributed by atoms with van der Waals surface area (Å²) in [5.74, 6) is 0.897. The lowest BCUT2D eigenvalue weighted by atomic mass is 10.2. The number of nitrogens with two attached hydrogens (primary N) is 1. The zero-order valence-corrected chi connectivity index (χ0v) is 13.9. The lowest BCUT2D eigenvalue weighted by molar-refractivity contribution is 0.233. The molecular weight excluding hydrogens is 336 g/mol. The van der Waals surface area contributed by atoms with E-state index in [-0.39, 0.29) is 0 Å². The third kappa shape index (κ3) is 4.90. The molecule has 0 aliphatic carbocycles. The van der Waals surface area contributed by atoms with Crippen molar-refractivity contribution >= 4 is 27.3 Å². The minimum atomic E-state index is 0.569. The fraction of sp³-hybridized carbons (Fsp3) is 0.333. The number of thiophene rings is 1. The summed E-state index contributed by atoms with van der Waals surface area (Å²) >= 11 is 5.20. The minimum Gasteiger partial charge on any atom is -0.492 e. The van der Waals surface area contributed by atoms with Crippen molar-refractivity contribution in [2.24, 2.45) is 5.73 Å². The Bertz CT molecular complexity index is 527. The average Bonchev–Trinajstić information content (AvgIpc) is 2.85. The van der Waals surface area contributed by atoms with E-state index < -0.39 is 0 Å². The lowest BCUT2D eigenvalue weighted by Crippen LogP contribution is -2.23. The van der Waals surface area contributed by atoms with Crippen molar-refractivity contribution in [3.05, 3.63) is 50.6 Å². The highest BCUT2D eigenvalue weighted by molar-refractivity contribution is 9.11. The summed E-state index contributed by atoms with van der Waals surface area (Å²) < 4.78 is 6.91. The fourth-order valence-corrected chi connectivity index (χ4v) is 3.06. The topological polar surface area (TPSA) is 38.5 Å². The standard InChI is InChI=1S/C15H19BrN2OS/c1-18(10-13-8-15(16)20-11-13)6-7-19-14-4-2-12(9-17)3-5-14/h2-5,8,11H,6-7,9-10,17H2,1H3. The number of ether oxygens (including phenoxy) is 1. The Hall–Kier alpha value is -0.880. The van der Waals surface area contributed by atoms with Gasteiger partial charge in [0.1, 0.15) is 12.4 Å². The van der Waals surface area contributed by atoms with Crippen LogP contribution in [0.4, 0.5) is 0 Å². The van der Waals surface area contributed by atoms with Gasteiger partial charge in [0.2, 0.25) is 0 Å². The van der Waals surface area contributed by atoms with Crippen molar-refractivity contribution in [3.8, 4) is 5.75 Å². The maximum Gasteiger partial charge on any atom is 0.119 e. The molecule has 2 rings (SSSR count). The van der Waals surface area contributed by atoms with Gasteiger partial charge in [-0.15, -0.1) is 11.3 Å². The highest BCUT2D eigenvalue weighted by atomic mass is 79.9. The smallest absolute Gasteiger partial charge is 0.119 e. The maximum absolute atomic E-state index is 5.73. The summed E-state index contributed by atoms with van der Waals surface area (Å²) in [6.45, 7) is 3.09. The summed E-state index contributed by atoms with van der Waals surface area (Å²) in [5.41, 5.74) is 8.02. The Labute approximate surface area is 132 Å². The largest absolute Gasteiger partial charge is 0.492 e. The van der Waals surface area contributed by atoms with E-state index in [1.807, 2.05) is 24.3 Å². The molecule has 2 N–H and O–H groups in total. The minimum absolute atomic E-state index is 0.569. The van der Waals surface area contributed by atoms with Gasteiger partial charge in [0, 0.05) is 19.6 Å². The zero-order chi connectivity index (χ0) is 14.4. The maximum atomic E-state index is 5.73. The van der Waals surface area contributed by atoms with E-state index in [0.29, 0.717) is 13.2 Å². The number of likely N-dealkylation sites (N-methyl/N-ethyl adjacent to an activating group) is 1. The Morgan fingerprint density at radius 1 is 1.25 bits per heavy atom. The van der Waals surface area contributed by atoms with Crippen molar-refractivity contribution in [2.45, 2.75) is 13.1 Å². The van der Waals surface area contributed by atoms with Gasteiger partial charge in [-0.05, 0) is 57.7 Å². The number of hydrogen-bond donors (Lipinski definition) is 1. The van der Waals surface area contributed by atoms with Gasteiger partial charge in [-0.3, -0.25) is 4.90 Å². The van der Waals surface area contributed by atoms with Crippen molar-refractivity contribution < 1.29 is 4.74 Å². The van der Waals surface area contributed by atoms with Crippen LogP contribution in [0.3, 0.4) is 0 Å². The molecule has 0 saturated heterocycles. The molecule has 20 heavy (non-hydrogen) atoms. The van der Waals surface area contributed by atoms with Crippen LogP contribution in [0.2, 0.25) is 0 Å². The van der Waals surface area contributed by atoms with Crippen LogP contribution in [0.15, 0.2) is 39.5 Å². The third-order valence-corrected chi connectivity index (χ3v) is 4.53. The Balaban J connectivity index is 1.71. The monoisotopic (exact) mass is 354 g/mol. The highest BCUT2D eigenvalue weighted by Crippen LogP contribution is 2.21.